The second-order valence-corrected chi connectivity index (χ2v) is 12.1. The van der Waals surface area contributed by atoms with Crippen molar-refractivity contribution in [3.05, 3.63) is 24.3 Å². The third-order valence-corrected chi connectivity index (χ3v) is 7.83. The molecule has 0 aromatic rings. The van der Waals surface area contributed by atoms with Gasteiger partial charge in [0.15, 0.2) is 0 Å². The highest BCUT2D eigenvalue weighted by Gasteiger charge is 2.12. The minimum absolute atomic E-state index is 0.0940. The standard InChI is InChI=1S/C37H67NO5/c1-3-5-7-9-10-11-12-13-14-15-16-17-18-19-20-21-22-28-32-37(42)43-34(29-25-8-6-4-2)30-26-23-24-27-31-35(39)38-33-36(40)41/h14-15,25,29,34H,3-13,16-24,26-28,30-33H2,1-2H3,(H,38,39)(H,40,41)/b15-14-,29-25-. The van der Waals surface area contributed by atoms with Crippen LogP contribution in [0.15, 0.2) is 24.3 Å². The molecular weight excluding hydrogens is 538 g/mol. The maximum atomic E-state index is 12.5. The summed E-state index contributed by atoms with van der Waals surface area (Å²) in [4.78, 5) is 34.6. The van der Waals surface area contributed by atoms with Crippen LogP contribution in [0.1, 0.15) is 181 Å². The molecule has 6 heteroatoms. The number of carbonyl (C=O) groups excluding carboxylic acids is 2. The Balaban J connectivity index is 3.86. The summed E-state index contributed by atoms with van der Waals surface area (Å²) in [6.45, 7) is 4.12. The molecule has 0 aromatic heterocycles. The molecule has 0 aromatic carbocycles. The van der Waals surface area contributed by atoms with Crippen molar-refractivity contribution in [2.75, 3.05) is 6.54 Å². The van der Waals surface area contributed by atoms with Crippen LogP contribution in [0.25, 0.3) is 0 Å². The SMILES string of the molecule is CCCC/C=C\C(CCCCCCC(=O)NCC(=O)O)OC(=O)CCCCCCCCC/C=C\CCCCCCCCC. The highest BCUT2D eigenvalue weighted by atomic mass is 16.5. The van der Waals surface area contributed by atoms with Gasteiger partial charge in [-0.05, 0) is 63.9 Å². The second-order valence-electron chi connectivity index (χ2n) is 12.1. The van der Waals surface area contributed by atoms with Crippen LogP contribution in [0.4, 0.5) is 0 Å². The predicted octanol–water partition coefficient (Wildman–Crippen LogP) is 10.4. The van der Waals surface area contributed by atoms with Crippen LogP contribution in [0.5, 0.6) is 0 Å². The molecule has 0 radical (unpaired) electrons. The molecule has 0 bridgehead atoms. The van der Waals surface area contributed by atoms with Crippen molar-refractivity contribution < 1.29 is 24.2 Å². The van der Waals surface area contributed by atoms with E-state index in [2.05, 4.69) is 43.5 Å². The Labute approximate surface area is 264 Å². The Kier molecular flexibility index (Phi) is 31.2. The van der Waals surface area contributed by atoms with Gasteiger partial charge in [-0.2, -0.15) is 0 Å². The molecule has 0 saturated heterocycles. The minimum atomic E-state index is -1.03. The first-order valence-electron chi connectivity index (χ1n) is 18.0. The van der Waals surface area contributed by atoms with Gasteiger partial charge in [-0.3, -0.25) is 14.4 Å². The van der Waals surface area contributed by atoms with E-state index in [1.54, 1.807) is 0 Å². The third kappa shape index (κ3) is 32.6. The molecule has 43 heavy (non-hydrogen) atoms. The average molecular weight is 606 g/mol. The van der Waals surface area contributed by atoms with Crippen LogP contribution < -0.4 is 5.32 Å². The topological polar surface area (TPSA) is 92.7 Å². The van der Waals surface area contributed by atoms with Crippen LogP contribution in [-0.2, 0) is 19.1 Å². The molecule has 0 aliphatic rings. The van der Waals surface area contributed by atoms with Crippen molar-refractivity contribution in [2.24, 2.45) is 0 Å². The van der Waals surface area contributed by atoms with Crippen LogP contribution in [0.2, 0.25) is 0 Å². The Bertz CT molecular complexity index is 718. The normalized spacial score (nSPS) is 12.2. The van der Waals surface area contributed by atoms with E-state index in [9.17, 15) is 14.4 Å². The van der Waals surface area contributed by atoms with E-state index in [1.807, 2.05) is 0 Å². The van der Waals surface area contributed by atoms with Crippen molar-refractivity contribution in [1.29, 1.82) is 0 Å². The lowest BCUT2D eigenvalue weighted by Gasteiger charge is -2.15. The summed E-state index contributed by atoms with van der Waals surface area (Å²) in [5.41, 5.74) is 0. The number of esters is 1. The summed E-state index contributed by atoms with van der Waals surface area (Å²) in [7, 11) is 0. The van der Waals surface area contributed by atoms with Gasteiger partial charge in [-0.1, -0.05) is 128 Å². The molecular formula is C37H67NO5. The molecule has 0 rings (SSSR count). The Morgan fingerprint density at radius 2 is 1.09 bits per heavy atom. The summed E-state index contributed by atoms with van der Waals surface area (Å²) in [5.74, 6) is -1.34. The highest BCUT2D eigenvalue weighted by molar-refractivity contribution is 5.80. The zero-order valence-corrected chi connectivity index (χ0v) is 28.1. The largest absolute Gasteiger partial charge is 0.480 e. The summed E-state index contributed by atoms with van der Waals surface area (Å²) < 4.78 is 5.81. The van der Waals surface area contributed by atoms with E-state index in [1.165, 1.54) is 89.9 Å². The van der Waals surface area contributed by atoms with E-state index < -0.39 is 5.97 Å². The maximum Gasteiger partial charge on any atom is 0.322 e. The number of hydrogen-bond donors (Lipinski definition) is 2. The number of nitrogens with one attached hydrogen (secondary N) is 1. The number of rotatable bonds is 32. The average Bonchev–Trinajstić information content (AvgIpc) is 2.99. The molecule has 0 fully saturated rings. The van der Waals surface area contributed by atoms with E-state index in [-0.39, 0.29) is 24.5 Å². The number of carboxylic acid groups (broad SMARTS) is 1. The van der Waals surface area contributed by atoms with Gasteiger partial charge in [-0.15, -0.1) is 0 Å². The van der Waals surface area contributed by atoms with Gasteiger partial charge < -0.3 is 15.2 Å². The summed E-state index contributed by atoms with van der Waals surface area (Å²) in [5, 5.41) is 11.0. The highest BCUT2D eigenvalue weighted by Crippen LogP contribution is 2.15. The fourth-order valence-corrected chi connectivity index (χ4v) is 5.11. The number of allylic oxidation sites excluding steroid dienone is 3. The van der Waals surface area contributed by atoms with Crippen molar-refractivity contribution >= 4 is 17.8 Å². The van der Waals surface area contributed by atoms with Crippen LogP contribution >= 0.6 is 0 Å². The molecule has 0 saturated carbocycles. The Morgan fingerprint density at radius 1 is 0.605 bits per heavy atom. The molecule has 6 nitrogen and oxygen atoms in total. The number of carbonyl (C=O) groups is 3. The van der Waals surface area contributed by atoms with Gasteiger partial charge in [0.05, 0.1) is 0 Å². The van der Waals surface area contributed by atoms with E-state index in [4.69, 9.17) is 9.84 Å². The van der Waals surface area contributed by atoms with Crippen molar-refractivity contribution in [3.8, 4) is 0 Å². The number of carboxylic acids is 1. The van der Waals surface area contributed by atoms with Gasteiger partial charge in [0, 0.05) is 12.8 Å². The van der Waals surface area contributed by atoms with Gasteiger partial charge >= 0.3 is 11.9 Å². The number of aliphatic carboxylic acids is 1. The molecule has 0 spiro atoms. The smallest absolute Gasteiger partial charge is 0.322 e. The molecule has 0 aliphatic carbocycles. The first-order chi connectivity index (χ1) is 21.0. The molecule has 1 amide bonds. The van der Waals surface area contributed by atoms with Crippen LogP contribution in [-0.4, -0.2) is 35.6 Å². The molecule has 0 aliphatic heterocycles. The number of amides is 1. The maximum absolute atomic E-state index is 12.5. The molecule has 0 heterocycles. The summed E-state index contributed by atoms with van der Waals surface area (Å²) in [6, 6.07) is 0. The Hall–Kier alpha value is -2.11. The number of unbranched alkanes of at least 4 members (excludes halogenated alkanes) is 19. The van der Waals surface area contributed by atoms with Gasteiger partial charge in [0.1, 0.15) is 12.6 Å². The lowest BCUT2D eigenvalue weighted by Crippen LogP contribution is -2.28. The zero-order valence-electron chi connectivity index (χ0n) is 28.1. The van der Waals surface area contributed by atoms with Crippen molar-refractivity contribution in [1.82, 2.24) is 5.32 Å². The molecule has 1 atom stereocenters. The monoisotopic (exact) mass is 606 g/mol. The lowest BCUT2D eigenvalue weighted by molar-refractivity contribution is -0.147. The zero-order chi connectivity index (χ0) is 31.6. The van der Waals surface area contributed by atoms with E-state index in [0.717, 1.165) is 64.2 Å². The van der Waals surface area contributed by atoms with Gasteiger partial charge in [-0.25, -0.2) is 0 Å². The van der Waals surface area contributed by atoms with Crippen LogP contribution in [0, 0.1) is 0 Å². The predicted molar refractivity (Wildman–Crippen MR) is 180 cm³/mol. The van der Waals surface area contributed by atoms with Crippen LogP contribution in [0.3, 0.4) is 0 Å². The first kappa shape index (κ1) is 40.9. The lowest BCUT2D eigenvalue weighted by atomic mass is 10.1. The third-order valence-electron chi connectivity index (χ3n) is 7.83. The summed E-state index contributed by atoms with van der Waals surface area (Å²) in [6.07, 6.45) is 37.6. The quantitative estimate of drug-likeness (QED) is 0.0452. The van der Waals surface area contributed by atoms with Crippen molar-refractivity contribution in [2.45, 2.75) is 187 Å². The fraction of sp³-hybridized carbons (Fsp3) is 0.811. The minimum Gasteiger partial charge on any atom is -0.480 e. The molecule has 2 N–H and O–H groups in total. The van der Waals surface area contributed by atoms with Crippen molar-refractivity contribution in [3.63, 3.8) is 0 Å². The Morgan fingerprint density at radius 3 is 1.67 bits per heavy atom. The number of ether oxygens (including phenoxy) is 1. The van der Waals surface area contributed by atoms with Gasteiger partial charge in [0.2, 0.25) is 5.91 Å². The first-order valence-corrected chi connectivity index (χ1v) is 18.0. The van der Waals surface area contributed by atoms with E-state index in [0.29, 0.717) is 12.8 Å². The van der Waals surface area contributed by atoms with Gasteiger partial charge in [0.25, 0.3) is 0 Å². The summed E-state index contributed by atoms with van der Waals surface area (Å²) >= 11 is 0. The second kappa shape index (κ2) is 32.8. The number of hydrogen-bond acceptors (Lipinski definition) is 4. The molecule has 250 valence electrons. The van der Waals surface area contributed by atoms with E-state index >= 15 is 0 Å². The fourth-order valence-electron chi connectivity index (χ4n) is 5.11. The molecule has 1 unspecified atom stereocenters.